The zero-order valence-electron chi connectivity index (χ0n) is 12.4. The third kappa shape index (κ3) is 3.64. The number of nitrogens with zero attached hydrogens (tertiary/aromatic N) is 5. The van der Waals surface area contributed by atoms with E-state index in [2.05, 4.69) is 39.1 Å². The van der Waals surface area contributed by atoms with Crippen LogP contribution in [-0.4, -0.2) is 18.2 Å². The van der Waals surface area contributed by atoms with Gasteiger partial charge in [-0.25, -0.2) is 0 Å². The van der Waals surface area contributed by atoms with Crippen LogP contribution in [0.2, 0.25) is 0 Å². The van der Waals surface area contributed by atoms with Crippen molar-refractivity contribution in [2.24, 2.45) is 17.3 Å². The first-order valence-electron chi connectivity index (χ1n) is 6.66. The maximum atomic E-state index is 5.39. The van der Waals surface area contributed by atoms with Crippen LogP contribution < -0.4 is 9.58 Å². The fourth-order valence-corrected chi connectivity index (χ4v) is 2.47. The molecule has 2 rings (SSSR count). The van der Waals surface area contributed by atoms with Gasteiger partial charge in [-0.1, -0.05) is 11.0 Å². The van der Waals surface area contributed by atoms with E-state index in [0.29, 0.717) is 6.54 Å². The summed E-state index contributed by atoms with van der Waals surface area (Å²) in [5.41, 5.74) is 4.77. The Kier molecular flexibility index (Phi) is 5.01. The molecule has 0 bridgehead atoms. The highest BCUT2D eigenvalue weighted by molar-refractivity contribution is 7.12. The third-order valence-corrected chi connectivity index (χ3v) is 3.86. The molecule has 0 saturated carbocycles. The molecule has 108 valence electrons. The first kappa shape index (κ1) is 15.1. The molecule has 1 aromatic heterocycles. The van der Waals surface area contributed by atoms with Gasteiger partial charge in [-0.2, -0.15) is 0 Å². The normalized spacial score (nSPS) is 10.8. The number of hydrogen-bond donors (Lipinski definition) is 0. The smallest absolute Gasteiger partial charge is 0.361 e. The van der Waals surface area contributed by atoms with Crippen LogP contribution in [0.4, 0.5) is 16.5 Å². The second-order valence-corrected chi connectivity index (χ2v) is 5.35. The summed E-state index contributed by atoms with van der Waals surface area (Å²) < 4.78 is 1.70. The summed E-state index contributed by atoms with van der Waals surface area (Å²) in [5.74, 6) is 2.68. The summed E-state index contributed by atoms with van der Waals surface area (Å²) in [4.78, 5) is 2.14. The molecule has 0 aliphatic carbocycles. The van der Waals surface area contributed by atoms with Crippen LogP contribution in [0.1, 0.15) is 12.5 Å². The van der Waals surface area contributed by atoms with E-state index in [1.54, 1.807) is 10.2 Å². The minimum atomic E-state index is 0.605. The van der Waals surface area contributed by atoms with Crippen molar-refractivity contribution in [1.82, 2.24) is 5.10 Å². The maximum absolute atomic E-state index is 5.39. The van der Waals surface area contributed by atoms with Crippen molar-refractivity contribution in [2.75, 3.05) is 18.0 Å². The molecule has 1 heterocycles. The van der Waals surface area contributed by atoms with Gasteiger partial charge in [0.25, 0.3) is 0 Å². The van der Waals surface area contributed by atoms with Gasteiger partial charge in [-0.05, 0) is 54.1 Å². The van der Waals surface area contributed by atoms with Crippen LogP contribution in [0.3, 0.4) is 0 Å². The SMILES string of the molecule is C#CCN(CC)c1ccc(/N=N/c2scn[n+]2C)c(C)c1. The minimum absolute atomic E-state index is 0.605. The number of benzene rings is 1. The largest absolute Gasteiger partial charge is 0.429 e. The van der Waals surface area contributed by atoms with Gasteiger partial charge >= 0.3 is 5.13 Å². The first-order chi connectivity index (χ1) is 10.2. The summed E-state index contributed by atoms with van der Waals surface area (Å²) >= 11 is 1.45. The molecule has 0 fully saturated rings. The average molecular weight is 300 g/mol. The molecule has 0 radical (unpaired) electrons. The lowest BCUT2D eigenvalue weighted by Gasteiger charge is -2.20. The van der Waals surface area contributed by atoms with Gasteiger partial charge in [0.05, 0.1) is 11.7 Å². The Bertz CT molecular complexity index is 684. The van der Waals surface area contributed by atoms with Crippen molar-refractivity contribution in [3.8, 4) is 12.3 Å². The molecule has 6 heteroatoms. The van der Waals surface area contributed by atoms with Crippen molar-refractivity contribution in [3.05, 3.63) is 29.3 Å². The maximum Gasteiger partial charge on any atom is 0.429 e. The first-order valence-corrected chi connectivity index (χ1v) is 7.54. The van der Waals surface area contributed by atoms with Gasteiger partial charge in [-0.15, -0.1) is 11.1 Å². The van der Waals surface area contributed by atoms with Crippen molar-refractivity contribution in [2.45, 2.75) is 13.8 Å². The van der Waals surface area contributed by atoms with E-state index in [9.17, 15) is 0 Å². The van der Waals surface area contributed by atoms with E-state index in [1.165, 1.54) is 11.3 Å². The zero-order chi connectivity index (χ0) is 15.2. The number of aryl methyl sites for hydroxylation is 2. The Morgan fingerprint density at radius 2 is 2.24 bits per heavy atom. The van der Waals surface area contributed by atoms with Gasteiger partial charge < -0.3 is 4.90 Å². The van der Waals surface area contributed by atoms with Gasteiger partial charge in [0, 0.05) is 12.2 Å². The Hall–Kier alpha value is -2.26. The van der Waals surface area contributed by atoms with E-state index >= 15 is 0 Å². The van der Waals surface area contributed by atoms with Crippen LogP contribution in [0.15, 0.2) is 33.9 Å². The lowest BCUT2D eigenvalue weighted by Crippen LogP contribution is -2.28. The van der Waals surface area contributed by atoms with Gasteiger partial charge in [0.1, 0.15) is 18.2 Å². The minimum Gasteiger partial charge on any atom is -0.361 e. The Morgan fingerprint density at radius 3 is 2.81 bits per heavy atom. The van der Waals surface area contributed by atoms with Crippen LogP contribution in [0, 0.1) is 19.3 Å². The summed E-state index contributed by atoms with van der Waals surface area (Å²) in [6.45, 7) is 5.59. The van der Waals surface area contributed by atoms with Crippen molar-refractivity contribution in [3.63, 3.8) is 0 Å². The molecule has 5 nitrogen and oxygen atoms in total. The summed E-state index contributed by atoms with van der Waals surface area (Å²) in [7, 11) is 1.85. The molecule has 0 aliphatic rings. The molecule has 2 aromatic rings. The van der Waals surface area contributed by atoms with Crippen LogP contribution in [0.25, 0.3) is 0 Å². The molecule has 0 N–H and O–H groups in total. The van der Waals surface area contributed by atoms with Crippen molar-refractivity contribution >= 4 is 27.8 Å². The van der Waals surface area contributed by atoms with E-state index in [0.717, 1.165) is 28.6 Å². The second-order valence-electron chi connectivity index (χ2n) is 4.53. The van der Waals surface area contributed by atoms with Crippen LogP contribution in [-0.2, 0) is 7.05 Å². The van der Waals surface area contributed by atoms with Gasteiger partial charge in [-0.3, -0.25) is 0 Å². The second kappa shape index (κ2) is 6.95. The number of anilines is 1. The lowest BCUT2D eigenvalue weighted by atomic mass is 10.1. The molecule has 0 saturated heterocycles. The third-order valence-electron chi connectivity index (χ3n) is 3.11. The molecular formula is C15H18N5S+. The molecular weight excluding hydrogens is 282 g/mol. The fraction of sp³-hybridized carbons (Fsp3) is 0.333. The van der Waals surface area contributed by atoms with Gasteiger partial charge in [0.2, 0.25) is 0 Å². The summed E-state index contributed by atoms with van der Waals surface area (Å²) in [5, 5.41) is 13.4. The topological polar surface area (TPSA) is 44.7 Å². The predicted molar refractivity (Wildman–Crippen MR) is 85.4 cm³/mol. The monoisotopic (exact) mass is 300 g/mol. The summed E-state index contributed by atoms with van der Waals surface area (Å²) in [6.07, 6.45) is 5.39. The van der Waals surface area contributed by atoms with Crippen molar-refractivity contribution < 1.29 is 4.68 Å². The fourth-order valence-electron chi connectivity index (χ4n) is 1.90. The van der Waals surface area contributed by atoms with Crippen LogP contribution in [0.5, 0.6) is 0 Å². The standard InChI is InChI=1S/C15H18N5S/c1-5-9-20(6-2)13-7-8-14(12(3)10-13)17-18-15-19(4)16-11-21-15/h1,7-8,10-11H,6,9H2,2-4H3/q+1. The number of terminal acetylenes is 1. The molecule has 0 amide bonds. The van der Waals surface area contributed by atoms with Gasteiger partial charge in [0.15, 0.2) is 0 Å². The van der Waals surface area contributed by atoms with E-state index in [4.69, 9.17) is 6.42 Å². The number of azo groups is 1. The molecule has 1 aromatic carbocycles. The van der Waals surface area contributed by atoms with Crippen molar-refractivity contribution in [1.29, 1.82) is 0 Å². The molecule has 0 aliphatic heterocycles. The molecule has 21 heavy (non-hydrogen) atoms. The quantitative estimate of drug-likeness (QED) is 0.484. The van der Waals surface area contributed by atoms with Crippen LogP contribution >= 0.6 is 11.3 Å². The highest BCUT2D eigenvalue weighted by Gasteiger charge is 2.10. The molecule has 0 spiro atoms. The van der Waals surface area contributed by atoms with E-state index in [1.807, 2.05) is 26.1 Å². The van der Waals surface area contributed by atoms with E-state index in [-0.39, 0.29) is 0 Å². The Balaban J connectivity index is 2.22. The number of aromatic nitrogens is 2. The highest BCUT2D eigenvalue weighted by atomic mass is 32.1. The molecule has 0 unspecified atom stereocenters. The highest BCUT2D eigenvalue weighted by Crippen LogP contribution is 2.26. The molecule has 0 atom stereocenters. The van der Waals surface area contributed by atoms with E-state index < -0.39 is 0 Å². The zero-order valence-corrected chi connectivity index (χ0v) is 13.3. The average Bonchev–Trinajstić information content (AvgIpc) is 2.89. The number of rotatable bonds is 5. The predicted octanol–water partition coefficient (Wildman–Crippen LogP) is 3.15. The Labute approximate surface area is 129 Å². The Morgan fingerprint density at radius 1 is 1.43 bits per heavy atom. The number of hydrogen-bond acceptors (Lipinski definition) is 5. The summed E-state index contributed by atoms with van der Waals surface area (Å²) in [6, 6.07) is 6.07. The lowest BCUT2D eigenvalue weighted by molar-refractivity contribution is -0.713.